The Kier molecular flexibility index (Phi) is 6.78. The minimum atomic E-state index is 0.507. The highest BCUT2D eigenvalue weighted by Gasteiger charge is 2.12. The van der Waals surface area contributed by atoms with Crippen LogP contribution in [0, 0.1) is 24.2 Å². The van der Waals surface area contributed by atoms with Gasteiger partial charge in [0.1, 0.15) is 5.82 Å². The van der Waals surface area contributed by atoms with Gasteiger partial charge < -0.3 is 10.2 Å². The maximum Gasteiger partial charge on any atom is 0.224 e. The molecule has 5 nitrogen and oxygen atoms in total. The molecular weight excluding hydrogens is 250 g/mol. The minimum absolute atomic E-state index is 0.507. The molecule has 0 saturated heterocycles. The predicted octanol–water partition coefficient (Wildman–Crippen LogP) is 2.98. The molecule has 0 aliphatic heterocycles. The van der Waals surface area contributed by atoms with Crippen LogP contribution >= 0.6 is 0 Å². The van der Waals surface area contributed by atoms with Crippen molar-refractivity contribution in [2.45, 2.75) is 40.5 Å². The zero-order valence-corrected chi connectivity index (χ0v) is 13.0. The van der Waals surface area contributed by atoms with Crippen molar-refractivity contribution in [3.8, 4) is 6.07 Å². The molecular formula is C15H25N5. The van der Waals surface area contributed by atoms with Crippen LogP contribution in [0.4, 0.5) is 11.8 Å². The van der Waals surface area contributed by atoms with Gasteiger partial charge in [0.2, 0.25) is 5.95 Å². The van der Waals surface area contributed by atoms with E-state index in [4.69, 9.17) is 5.26 Å². The van der Waals surface area contributed by atoms with Crippen molar-refractivity contribution < 1.29 is 0 Å². The third kappa shape index (κ3) is 5.43. The third-order valence-electron chi connectivity index (χ3n) is 2.78. The molecule has 20 heavy (non-hydrogen) atoms. The van der Waals surface area contributed by atoms with Crippen molar-refractivity contribution in [1.82, 2.24) is 9.97 Å². The van der Waals surface area contributed by atoms with Crippen LogP contribution in [0.3, 0.4) is 0 Å². The average molecular weight is 275 g/mol. The summed E-state index contributed by atoms with van der Waals surface area (Å²) in [5.41, 5.74) is 0.944. The van der Waals surface area contributed by atoms with Gasteiger partial charge in [-0.05, 0) is 19.3 Å². The summed E-state index contributed by atoms with van der Waals surface area (Å²) in [5, 5.41) is 12.0. The van der Waals surface area contributed by atoms with Crippen molar-refractivity contribution in [3.05, 3.63) is 11.8 Å². The van der Waals surface area contributed by atoms with Crippen molar-refractivity contribution in [1.29, 1.82) is 5.26 Å². The number of rotatable bonds is 8. The molecule has 1 rings (SSSR count). The first kappa shape index (κ1) is 16.2. The van der Waals surface area contributed by atoms with E-state index in [0.717, 1.165) is 31.0 Å². The zero-order valence-electron chi connectivity index (χ0n) is 13.0. The van der Waals surface area contributed by atoms with Gasteiger partial charge in [-0.1, -0.05) is 20.8 Å². The van der Waals surface area contributed by atoms with E-state index < -0.39 is 0 Å². The Bertz CT molecular complexity index is 450. The molecule has 0 fully saturated rings. The molecule has 110 valence electrons. The van der Waals surface area contributed by atoms with E-state index in [1.807, 2.05) is 13.0 Å². The lowest BCUT2D eigenvalue weighted by Crippen LogP contribution is -2.29. The van der Waals surface area contributed by atoms with Crippen LogP contribution in [0.25, 0.3) is 0 Å². The van der Waals surface area contributed by atoms with Gasteiger partial charge in [-0.2, -0.15) is 10.2 Å². The normalized spacial score (nSPS) is 10.4. The number of hydrogen-bond donors (Lipinski definition) is 1. The van der Waals surface area contributed by atoms with Gasteiger partial charge in [0.15, 0.2) is 0 Å². The molecule has 0 radical (unpaired) electrons. The van der Waals surface area contributed by atoms with E-state index in [2.05, 4.69) is 47.0 Å². The summed E-state index contributed by atoms with van der Waals surface area (Å²) >= 11 is 0. The SMILES string of the molecule is CCCNc1nc(C)cc(N(CCC#N)CC(C)C)n1. The molecule has 0 aromatic carbocycles. The number of hydrogen-bond acceptors (Lipinski definition) is 5. The molecule has 0 aliphatic carbocycles. The molecule has 0 saturated carbocycles. The van der Waals surface area contributed by atoms with Crippen molar-refractivity contribution >= 4 is 11.8 Å². The fourth-order valence-corrected chi connectivity index (χ4v) is 1.95. The lowest BCUT2D eigenvalue weighted by Gasteiger charge is -2.25. The zero-order chi connectivity index (χ0) is 15.0. The van der Waals surface area contributed by atoms with E-state index in [1.54, 1.807) is 0 Å². The number of nitrogens with zero attached hydrogens (tertiary/aromatic N) is 4. The summed E-state index contributed by atoms with van der Waals surface area (Å²) in [6.07, 6.45) is 1.55. The molecule has 1 aromatic rings. The molecule has 0 aliphatic rings. The maximum atomic E-state index is 8.80. The largest absolute Gasteiger partial charge is 0.355 e. The summed E-state index contributed by atoms with van der Waals surface area (Å²) in [6.45, 7) is 10.9. The minimum Gasteiger partial charge on any atom is -0.355 e. The number of aryl methyl sites for hydroxylation is 1. The predicted molar refractivity (Wildman–Crippen MR) is 82.8 cm³/mol. The van der Waals surface area contributed by atoms with Crippen LogP contribution in [0.5, 0.6) is 0 Å². The van der Waals surface area contributed by atoms with Crippen LogP contribution in [-0.2, 0) is 0 Å². The molecule has 0 atom stereocenters. The molecule has 0 amide bonds. The number of anilines is 2. The second-order valence-corrected chi connectivity index (χ2v) is 5.37. The summed E-state index contributed by atoms with van der Waals surface area (Å²) in [4.78, 5) is 11.1. The van der Waals surface area contributed by atoms with Gasteiger partial charge in [0.05, 0.1) is 12.5 Å². The first-order valence-electron chi connectivity index (χ1n) is 7.28. The summed E-state index contributed by atoms with van der Waals surface area (Å²) in [6, 6.07) is 4.19. The van der Waals surface area contributed by atoms with E-state index in [-0.39, 0.29) is 0 Å². The van der Waals surface area contributed by atoms with Crippen LogP contribution in [0.15, 0.2) is 6.07 Å². The Morgan fingerprint density at radius 2 is 2.15 bits per heavy atom. The molecule has 5 heteroatoms. The lowest BCUT2D eigenvalue weighted by molar-refractivity contribution is 0.607. The first-order chi connectivity index (χ1) is 9.56. The van der Waals surface area contributed by atoms with Gasteiger partial charge in [-0.3, -0.25) is 0 Å². The summed E-state index contributed by atoms with van der Waals surface area (Å²) < 4.78 is 0. The third-order valence-corrected chi connectivity index (χ3v) is 2.78. The molecule has 1 heterocycles. The van der Waals surface area contributed by atoms with Crippen LogP contribution in [0.1, 0.15) is 39.3 Å². The first-order valence-corrected chi connectivity index (χ1v) is 7.28. The van der Waals surface area contributed by atoms with E-state index in [0.29, 0.717) is 24.8 Å². The molecule has 0 spiro atoms. The number of nitriles is 1. The Hall–Kier alpha value is -1.83. The Morgan fingerprint density at radius 3 is 2.75 bits per heavy atom. The van der Waals surface area contributed by atoms with Gasteiger partial charge in [-0.25, -0.2) is 4.98 Å². The fraction of sp³-hybridized carbons (Fsp3) is 0.667. The highest BCUT2D eigenvalue weighted by molar-refractivity contribution is 5.45. The van der Waals surface area contributed by atoms with Gasteiger partial charge in [0.25, 0.3) is 0 Å². The van der Waals surface area contributed by atoms with Crippen LogP contribution in [-0.4, -0.2) is 29.6 Å². The second kappa shape index (κ2) is 8.36. The second-order valence-electron chi connectivity index (χ2n) is 5.37. The van der Waals surface area contributed by atoms with E-state index in [9.17, 15) is 0 Å². The van der Waals surface area contributed by atoms with E-state index >= 15 is 0 Å². The number of aromatic nitrogens is 2. The Balaban J connectivity index is 2.93. The molecule has 1 aromatic heterocycles. The van der Waals surface area contributed by atoms with Crippen molar-refractivity contribution in [2.24, 2.45) is 5.92 Å². The van der Waals surface area contributed by atoms with Crippen molar-refractivity contribution in [2.75, 3.05) is 29.9 Å². The maximum absolute atomic E-state index is 8.80. The van der Waals surface area contributed by atoms with Gasteiger partial charge >= 0.3 is 0 Å². The Labute approximate surface area is 122 Å². The quantitative estimate of drug-likeness (QED) is 0.790. The van der Waals surface area contributed by atoms with Crippen molar-refractivity contribution in [3.63, 3.8) is 0 Å². The lowest BCUT2D eigenvalue weighted by atomic mass is 10.2. The van der Waals surface area contributed by atoms with Crippen LogP contribution < -0.4 is 10.2 Å². The average Bonchev–Trinajstić information content (AvgIpc) is 2.40. The summed E-state index contributed by atoms with van der Waals surface area (Å²) in [5.74, 6) is 2.10. The van der Waals surface area contributed by atoms with Gasteiger partial charge in [0, 0.05) is 31.4 Å². The molecule has 1 N–H and O–H groups in total. The molecule has 0 bridgehead atoms. The monoisotopic (exact) mass is 275 g/mol. The van der Waals surface area contributed by atoms with E-state index in [1.165, 1.54) is 0 Å². The smallest absolute Gasteiger partial charge is 0.224 e. The fourth-order valence-electron chi connectivity index (χ4n) is 1.95. The topological polar surface area (TPSA) is 64.8 Å². The summed E-state index contributed by atoms with van der Waals surface area (Å²) in [7, 11) is 0. The Morgan fingerprint density at radius 1 is 1.40 bits per heavy atom. The van der Waals surface area contributed by atoms with Gasteiger partial charge in [-0.15, -0.1) is 0 Å². The molecule has 0 unspecified atom stereocenters. The van der Waals surface area contributed by atoms with Crippen LogP contribution in [0.2, 0.25) is 0 Å². The highest BCUT2D eigenvalue weighted by Crippen LogP contribution is 2.17. The standard InChI is InChI=1S/C15H25N5/c1-5-8-17-15-18-13(4)10-14(19-15)20(9-6-7-16)11-12(2)3/h10,12H,5-6,8-9,11H2,1-4H3,(H,17,18,19). The highest BCUT2D eigenvalue weighted by atomic mass is 15.2. The number of nitrogens with one attached hydrogen (secondary N) is 1.